The lowest BCUT2D eigenvalue weighted by Crippen LogP contribution is -2.12. The molecule has 1 atom stereocenters. The van der Waals surface area contributed by atoms with E-state index in [1.807, 2.05) is 54.6 Å². The zero-order valence-corrected chi connectivity index (χ0v) is 14.5. The summed E-state index contributed by atoms with van der Waals surface area (Å²) < 4.78 is 0.930. The molecule has 0 bridgehead atoms. The molecule has 0 N–H and O–H groups in total. The predicted octanol–water partition coefficient (Wildman–Crippen LogP) is 5.59. The van der Waals surface area contributed by atoms with Crippen LogP contribution in [-0.4, -0.2) is 10.8 Å². The summed E-state index contributed by atoms with van der Waals surface area (Å²) >= 11 is 7.71. The first kappa shape index (κ1) is 15.8. The molecule has 2 aromatic heterocycles. The summed E-state index contributed by atoms with van der Waals surface area (Å²) in [5.74, 6) is -1.29. The maximum atomic E-state index is 13.0. The van der Waals surface area contributed by atoms with Crippen LogP contribution in [0.5, 0.6) is 0 Å². The minimum Gasteiger partial charge on any atom is -0.291 e. The van der Waals surface area contributed by atoms with E-state index < -0.39 is 5.92 Å². The number of benzene rings is 2. The molecule has 0 saturated carbocycles. The van der Waals surface area contributed by atoms with Crippen LogP contribution in [0, 0.1) is 11.3 Å². The second-order valence-electron chi connectivity index (χ2n) is 5.60. The number of nitriles is 1. The summed E-state index contributed by atoms with van der Waals surface area (Å²) in [5.41, 5.74) is 1.20. The van der Waals surface area contributed by atoms with Crippen LogP contribution in [0.2, 0.25) is 5.02 Å². The Morgan fingerprint density at radius 2 is 1.84 bits per heavy atom. The highest BCUT2D eigenvalue weighted by Gasteiger charge is 2.27. The topological polar surface area (TPSA) is 53.8 Å². The smallest absolute Gasteiger partial charge is 0.197 e. The molecule has 0 aliphatic carbocycles. The maximum Gasteiger partial charge on any atom is 0.197 e. The fourth-order valence-electron chi connectivity index (χ4n) is 2.81. The number of Topliss-reactive ketones (excluding diaryl/α,β-unsaturated/α-hetero) is 1. The van der Waals surface area contributed by atoms with Gasteiger partial charge >= 0.3 is 0 Å². The van der Waals surface area contributed by atoms with E-state index in [9.17, 15) is 10.1 Å². The molecular formula is C20H11ClN2OS. The van der Waals surface area contributed by atoms with E-state index in [2.05, 4.69) is 11.1 Å². The third-order valence-electron chi connectivity index (χ3n) is 4.07. The highest BCUT2D eigenvalue weighted by atomic mass is 35.5. The number of aromatic nitrogens is 1. The van der Waals surface area contributed by atoms with E-state index in [0.29, 0.717) is 15.6 Å². The van der Waals surface area contributed by atoms with Crippen molar-refractivity contribution in [3.63, 3.8) is 0 Å². The SMILES string of the molecule is N#CC(C(=O)c1sc2ccccc2c1Cl)c1ccc2ccccc2n1. The van der Waals surface area contributed by atoms with Crippen molar-refractivity contribution >= 4 is 49.7 Å². The van der Waals surface area contributed by atoms with Gasteiger partial charge in [-0.3, -0.25) is 9.78 Å². The Bertz CT molecular complexity index is 1160. The molecule has 25 heavy (non-hydrogen) atoms. The Morgan fingerprint density at radius 1 is 1.08 bits per heavy atom. The molecule has 0 amide bonds. The first-order valence-electron chi connectivity index (χ1n) is 7.65. The maximum absolute atomic E-state index is 13.0. The third kappa shape index (κ3) is 2.68. The minimum absolute atomic E-state index is 0.309. The first-order valence-corrected chi connectivity index (χ1v) is 8.85. The van der Waals surface area contributed by atoms with Crippen molar-refractivity contribution in [2.24, 2.45) is 0 Å². The lowest BCUT2D eigenvalue weighted by atomic mass is 9.99. The van der Waals surface area contributed by atoms with Crippen molar-refractivity contribution in [3.05, 3.63) is 76.3 Å². The first-order chi connectivity index (χ1) is 12.2. The summed E-state index contributed by atoms with van der Waals surface area (Å²) in [5, 5.41) is 11.8. The quantitative estimate of drug-likeness (QED) is 0.446. The van der Waals surface area contributed by atoms with Crippen LogP contribution in [0.3, 0.4) is 0 Å². The molecule has 0 spiro atoms. The number of thiophene rings is 1. The van der Waals surface area contributed by atoms with Gasteiger partial charge in [0.1, 0.15) is 0 Å². The predicted molar refractivity (Wildman–Crippen MR) is 101 cm³/mol. The molecule has 0 saturated heterocycles. The van der Waals surface area contributed by atoms with Crippen LogP contribution in [0.25, 0.3) is 21.0 Å². The lowest BCUT2D eigenvalue weighted by Gasteiger charge is -2.08. The van der Waals surface area contributed by atoms with Gasteiger partial charge in [-0.05, 0) is 18.2 Å². The summed E-state index contributed by atoms with van der Waals surface area (Å²) in [4.78, 5) is 17.9. The standard InChI is InChI=1S/C20H11ClN2OS/c21-18-13-6-2-4-8-17(13)25-20(18)19(24)14(11-22)16-10-9-12-5-1-3-7-15(12)23-16/h1-10,14H. The number of para-hydroxylation sites is 1. The number of hydrogen-bond acceptors (Lipinski definition) is 4. The Labute approximate surface area is 153 Å². The second kappa shape index (κ2) is 6.29. The molecule has 0 radical (unpaired) electrons. The average Bonchev–Trinajstić information content (AvgIpc) is 2.99. The van der Waals surface area contributed by atoms with Gasteiger partial charge in [0.15, 0.2) is 11.7 Å². The summed E-state index contributed by atoms with van der Waals surface area (Å²) in [6, 6.07) is 20.9. The normalized spacial score (nSPS) is 12.2. The largest absolute Gasteiger partial charge is 0.291 e. The van der Waals surface area contributed by atoms with Gasteiger partial charge in [0, 0.05) is 15.5 Å². The molecule has 4 rings (SSSR count). The highest BCUT2D eigenvalue weighted by molar-refractivity contribution is 7.21. The van der Waals surface area contributed by atoms with Crippen molar-refractivity contribution in [3.8, 4) is 6.07 Å². The number of nitrogens with zero attached hydrogens (tertiary/aromatic N) is 2. The molecule has 2 aromatic carbocycles. The van der Waals surface area contributed by atoms with Gasteiger partial charge in [-0.15, -0.1) is 11.3 Å². The Morgan fingerprint density at radius 3 is 2.64 bits per heavy atom. The van der Waals surface area contributed by atoms with E-state index in [1.54, 1.807) is 6.07 Å². The fraction of sp³-hybridized carbons (Fsp3) is 0.0500. The van der Waals surface area contributed by atoms with Gasteiger partial charge in [0.05, 0.1) is 27.2 Å². The zero-order valence-electron chi connectivity index (χ0n) is 12.9. The number of halogens is 1. The minimum atomic E-state index is -0.977. The summed E-state index contributed by atoms with van der Waals surface area (Å²) in [6.45, 7) is 0. The molecular weight excluding hydrogens is 352 g/mol. The van der Waals surface area contributed by atoms with Gasteiger partial charge in [-0.25, -0.2) is 0 Å². The molecule has 1 unspecified atom stereocenters. The molecule has 120 valence electrons. The van der Waals surface area contributed by atoms with Crippen molar-refractivity contribution in [2.45, 2.75) is 5.92 Å². The van der Waals surface area contributed by atoms with Crippen LogP contribution in [0.4, 0.5) is 0 Å². The monoisotopic (exact) mass is 362 g/mol. The van der Waals surface area contributed by atoms with Crippen LogP contribution >= 0.6 is 22.9 Å². The summed E-state index contributed by atoms with van der Waals surface area (Å²) in [7, 11) is 0. The van der Waals surface area contributed by atoms with E-state index in [1.165, 1.54) is 11.3 Å². The summed E-state index contributed by atoms with van der Waals surface area (Å²) in [6.07, 6.45) is 0. The molecule has 4 aromatic rings. The number of pyridine rings is 1. The molecule has 2 heterocycles. The van der Waals surface area contributed by atoms with Crippen molar-refractivity contribution in [1.29, 1.82) is 5.26 Å². The lowest BCUT2D eigenvalue weighted by molar-refractivity contribution is 0.0982. The Hall–Kier alpha value is -2.74. The number of hydrogen-bond donors (Lipinski definition) is 0. The van der Waals surface area contributed by atoms with Crippen LogP contribution < -0.4 is 0 Å². The number of rotatable bonds is 3. The van der Waals surface area contributed by atoms with Gasteiger partial charge in [-0.1, -0.05) is 54.1 Å². The van der Waals surface area contributed by atoms with Crippen molar-refractivity contribution in [1.82, 2.24) is 4.98 Å². The zero-order chi connectivity index (χ0) is 17.4. The van der Waals surface area contributed by atoms with E-state index in [0.717, 1.165) is 21.0 Å². The molecule has 5 heteroatoms. The Kier molecular flexibility index (Phi) is 3.96. The van der Waals surface area contributed by atoms with Crippen molar-refractivity contribution < 1.29 is 4.79 Å². The Balaban J connectivity index is 1.80. The number of ketones is 1. The average molecular weight is 363 g/mol. The van der Waals surface area contributed by atoms with E-state index in [4.69, 9.17) is 11.6 Å². The van der Waals surface area contributed by atoms with Gasteiger partial charge in [-0.2, -0.15) is 5.26 Å². The highest BCUT2D eigenvalue weighted by Crippen LogP contribution is 2.37. The number of carbonyl (C=O) groups is 1. The molecule has 0 fully saturated rings. The van der Waals surface area contributed by atoms with Gasteiger partial charge in [0.2, 0.25) is 0 Å². The molecule has 0 aliphatic heterocycles. The second-order valence-corrected chi connectivity index (χ2v) is 7.03. The molecule has 0 aliphatic rings. The van der Waals surface area contributed by atoms with Crippen LogP contribution in [0.15, 0.2) is 60.7 Å². The number of fused-ring (bicyclic) bond motifs is 2. The van der Waals surface area contributed by atoms with Gasteiger partial charge in [0.25, 0.3) is 0 Å². The van der Waals surface area contributed by atoms with Crippen LogP contribution in [0.1, 0.15) is 21.3 Å². The van der Waals surface area contributed by atoms with E-state index in [-0.39, 0.29) is 5.78 Å². The van der Waals surface area contributed by atoms with E-state index >= 15 is 0 Å². The number of carbonyl (C=O) groups excluding carboxylic acids is 1. The van der Waals surface area contributed by atoms with Gasteiger partial charge < -0.3 is 0 Å². The van der Waals surface area contributed by atoms with Crippen LogP contribution in [-0.2, 0) is 0 Å². The fourth-order valence-corrected chi connectivity index (χ4v) is 4.30. The van der Waals surface area contributed by atoms with Crippen molar-refractivity contribution in [2.75, 3.05) is 0 Å². The third-order valence-corrected chi connectivity index (χ3v) is 5.76. The molecule has 3 nitrogen and oxygen atoms in total.